The van der Waals surface area contributed by atoms with Crippen molar-refractivity contribution in [3.8, 4) is 17.2 Å². The average Bonchev–Trinajstić information content (AvgIpc) is 3.52. The molecule has 1 aliphatic heterocycles. The van der Waals surface area contributed by atoms with Crippen molar-refractivity contribution in [3.63, 3.8) is 0 Å². The quantitative estimate of drug-likeness (QED) is 0.205. The monoisotopic (exact) mass is 566 g/mol. The second kappa shape index (κ2) is 10.8. The molecule has 0 amide bonds. The second-order valence-electron chi connectivity index (χ2n) is 10.6. The van der Waals surface area contributed by atoms with Gasteiger partial charge in [-0.3, -0.25) is 4.98 Å². The lowest BCUT2D eigenvalue weighted by Crippen LogP contribution is -2.29. The maximum Gasteiger partial charge on any atom is 0.174 e. The van der Waals surface area contributed by atoms with Crippen LogP contribution in [0.15, 0.2) is 128 Å². The first-order valence-electron chi connectivity index (χ1n) is 14.1. The number of benzene rings is 4. The van der Waals surface area contributed by atoms with Gasteiger partial charge >= 0.3 is 0 Å². The highest BCUT2D eigenvalue weighted by atomic mass is 32.1. The van der Waals surface area contributed by atoms with Crippen molar-refractivity contribution in [3.05, 3.63) is 150 Å². The number of aryl methyl sites for hydroxylation is 1. The number of nitrogens with one attached hydrogen (secondary N) is 1. The van der Waals surface area contributed by atoms with Crippen LogP contribution in [0.25, 0.3) is 16.5 Å². The van der Waals surface area contributed by atoms with E-state index < -0.39 is 0 Å². The Bertz CT molecular complexity index is 1880. The maximum atomic E-state index is 6.07. The first-order valence-corrected chi connectivity index (χ1v) is 14.5. The van der Waals surface area contributed by atoms with Gasteiger partial charge in [-0.2, -0.15) is 0 Å². The fraction of sp³-hybridized carbons (Fsp3) is 0.111. The second-order valence-corrected chi connectivity index (χ2v) is 11.0. The van der Waals surface area contributed by atoms with E-state index in [9.17, 15) is 0 Å². The number of pyridine rings is 1. The van der Waals surface area contributed by atoms with E-state index >= 15 is 0 Å². The average molecular weight is 567 g/mol. The Morgan fingerprint density at radius 1 is 0.762 bits per heavy atom. The third kappa shape index (κ3) is 4.60. The van der Waals surface area contributed by atoms with Gasteiger partial charge in [0.05, 0.1) is 23.5 Å². The molecule has 0 radical (unpaired) electrons. The van der Waals surface area contributed by atoms with E-state index in [-0.39, 0.29) is 12.1 Å². The Kier molecular flexibility index (Phi) is 6.68. The molecule has 1 saturated heterocycles. The Morgan fingerprint density at radius 3 is 2.26 bits per heavy atom. The molecule has 42 heavy (non-hydrogen) atoms. The van der Waals surface area contributed by atoms with Crippen molar-refractivity contribution >= 4 is 33.8 Å². The van der Waals surface area contributed by atoms with E-state index in [1.807, 2.05) is 60.8 Å². The number of ether oxygens (including phenoxy) is 1. The van der Waals surface area contributed by atoms with Crippen LogP contribution in [-0.4, -0.2) is 14.7 Å². The number of fused-ring (bicyclic) bond motifs is 1. The van der Waals surface area contributed by atoms with Crippen LogP contribution in [0, 0.1) is 13.8 Å². The Hall–Kier alpha value is -4.94. The summed E-state index contributed by atoms with van der Waals surface area (Å²) in [6, 6.07) is 41.1. The molecule has 6 aromatic rings. The van der Waals surface area contributed by atoms with Gasteiger partial charge in [-0.25, -0.2) is 0 Å². The fourth-order valence-electron chi connectivity index (χ4n) is 6.11. The van der Waals surface area contributed by atoms with Crippen molar-refractivity contribution in [2.24, 2.45) is 0 Å². The lowest BCUT2D eigenvalue weighted by molar-refractivity contribution is 0.482. The summed E-state index contributed by atoms with van der Waals surface area (Å²) in [7, 11) is 0. The third-order valence-corrected chi connectivity index (χ3v) is 8.30. The number of thiocarbonyl (C=S) groups is 1. The Balaban J connectivity index is 1.33. The van der Waals surface area contributed by atoms with Gasteiger partial charge in [0.15, 0.2) is 5.11 Å². The molecule has 0 unspecified atom stereocenters. The largest absolute Gasteiger partial charge is 0.457 e. The van der Waals surface area contributed by atoms with E-state index in [0.29, 0.717) is 5.11 Å². The summed E-state index contributed by atoms with van der Waals surface area (Å²) in [6.07, 6.45) is 1.84. The summed E-state index contributed by atoms with van der Waals surface area (Å²) in [5.41, 5.74) is 6.66. The topological polar surface area (TPSA) is 42.3 Å². The molecule has 0 bridgehead atoms. The van der Waals surface area contributed by atoms with Crippen LogP contribution in [0.1, 0.15) is 34.7 Å². The number of nitrogens with zero attached hydrogens (tertiary/aromatic N) is 3. The zero-order valence-electron chi connectivity index (χ0n) is 23.4. The summed E-state index contributed by atoms with van der Waals surface area (Å²) in [5, 5.41) is 6.71. The minimum Gasteiger partial charge on any atom is -0.457 e. The molecule has 3 heterocycles. The molecule has 2 aromatic heterocycles. The van der Waals surface area contributed by atoms with Crippen LogP contribution < -0.4 is 15.0 Å². The predicted molar refractivity (Wildman–Crippen MR) is 174 cm³/mol. The molecule has 1 N–H and O–H groups in total. The minimum absolute atomic E-state index is 0.108. The lowest BCUT2D eigenvalue weighted by atomic mass is 9.96. The molecule has 6 heteroatoms. The van der Waals surface area contributed by atoms with Gasteiger partial charge in [0.2, 0.25) is 0 Å². The van der Waals surface area contributed by atoms with E-state index in [0.717, 1.165) is 22.9 Å². The first kappa shape index (κ1) is 26.0. The molecule has 0 aliphatic carbocycles. The van der Waals surface area contributed by atoms with Gasteiger partial charge in [0.25, 0.3) is 0 Å². The third-order valence-electron chi connectivity index (χ3n) is 7.99. The number of hydrogen-bond donors (Lipinski definition) is 1. The van der Waals surface area contributed by atoms with Crippen LogP contribution in [0.4, 0.5) is 5.69 Å². The molecule has 7 rings (SSSR count). The van der Waals surface area contributed by atoms with Crippen LogP contribution in [0.2, 0.25) is 0 Å². The highest BCUT2D eigenvalue weighted by molar-refractivity contribution is 7.80. The Morgan fingerprint density at radius 2 is 1.48 bits per heavy atom. The lowest BCUT2D eigenvalue weighted by Gasteiger charge is -2.28. The number of aromatic nitrogens is 2. The minimum atomic E-state index is -0.125. The number of para-hydroxylation sites is 1. The van der Waals surface area contributed by atoms with E-state index in [4.69, 9.17) is 21.9 Å². The summed E-state index contributed by atoms with van der Waals surface area (Å²) >= 11 is 6.00. The van der Waals surface area contributed by atoms with Crippen LogP contribution in [-0.2, 0) is 0 Å². The molecule has 2 atom stereocenters. The molecular weight excluding hydrogens is 536 g/mol. The molecule has 5 nitrogen and oxygen atoms in total. The molecule has 4 aromatic carbocycles. The summed E-state index contributed by atoms with van der Waals surface area (Å²) < 4.78 is 8.43. The molecule has 0 saturated carbocycles. The molecule has 1 fully saturated rings. The summed E-state index contributed by atoms with van der Waals surface area (Å²) in [4.78, 5) is 6.96. The SMILES string of the molecule is Cc1cc([C@@H]2[C@@H](c3ccccn3)NC(=S)N2c2ccc(Oc3ccccc3)cc2)c(C)n1-c1cccc2ccccc12. The van der Waals surface area contributed by atoms with Crippen LogP contribution >= 0.6 is 12.2 Å². The molecule has 1 aliphatic rings. The summed E-state index contributed by atoms with van der Waals surface area (Å²) in [5.74, 6) is 1.58. The molecular formula is C36H30N4OS. The van der Waals surface area contributed by atoms with Gasteiger partial charge in [-0.15, -0.1) is 0 Å². The van der Waals surface area contributed by atoms with E-state index in [1.165, 1.54) is 33.4 Å². The zero-order valence-corrected chi connectivity index (χ0v) is 24.3. The van der Waals surface area contributed by atoms with Crippen LogP contribution in [0.3, 0.4) is 0 Å². The molecule has 206 valence electrons. The van der Waals surface area contributed by atoms with Gasteiger partial charge in [-0.1, -0.05) is 60.7 Å². The first-order chi connectivity index (χ1) is 20.6. The maximum absolute atomic E-state index is 6.07. The van der Waals surface area contributed by atoms with E-state index in [1.54, 1.807) is 0 Å². The van der Waals surface area contributed by atoms with Crippen molar-refractivity contribution in [1.82, 2.24) is 14.9 Å². The predicted octanol–water partition coefficient (Wildman–Crippen LogP) is 8.61. The smallest absolute Gasteiger partial charge is 0.174 e. The van der Waals surface area contributed by atoms with Crippen molar-refractivity contribution in [1.29, 1.82) is 0 Å². The highest BCUT2D eigenvalue weighted by Crippen LogP contribution is 2.44. The summed E-state index contributed by atoms with van der Waals surface area (Å²) in [6.45, 7) is 4.38. The Labute approximate surface area is 251 Å². The standard InChI is InChI=1S/C36H30N4OS/c1-24-23-31(25(2)39(24)33-17-10-12-26-11-6-7-15-30(26)33)35-34(32-16-8-9-22-37-32)38-36(42)40(35)27-18-20-29(21-19-27)41-28-13-4-3-5-14-28/h3-23,34-35H,1-2H3,(H,38,42)/t34-,35-/m1/s1. The normalized spacial score (nSPS) is 16.5. The van der Waals surface area contributed by atoms with Gasteiger partial charge < -0.3 is 19.5 Å². The van der Waals surface area contributed by atoms with Gasteiger partial charge in [0, 0.05) is 28.7 Å². The van der Waals surface area contributed by atoms with Gasteiger partial charge in [-0.05, 0) is 97.7 Å². The van der Waals surface area contributed by atoms with Crippen molar-refractivity contribution in [2.75, 3.05) is 4.90 Å². The number of hydrogen-bond acceptors (Lipinski definition) is 3. The number of rotatable bonds is 6. The number of anilines is 1. The van der Waals surface area contributed by atoms with Gasteiger partial charge in [0.1, 0.15) is 11.5 Å². The van der Waals surface area contributed by atoms with Crippen molar-refractivity contribution in [2.45, 2.75) is 25.9 Å². The van der Waals surface area contributed by atoms with E-state index in [2.05, 4.69) is 95.4 Å². The zero-order chi connectivity index (χ0) is 28.6. The molecule has 0 spiro atoms. The van der Waals surface area contributed by atoms with Crippen LogP contribution in [0.5, 0.6) is 11.5 Å². The van der Waals surface area contributed by atoms with Crippen molar-refractivity contribution < 1.29 is 4.74 Å². The fourth-order valence-corrected chi connectivity index (χ4v) is 6.46. The highest BCUT2D eigenvalue weighted by Gasteiger charge is 2.42.